The number of rotatable bonds is 15. The number of nitrogens with two attached hydrogens (primary N) is 2. The van der Waals surface area contributed by atoms with E-state index in [0.717, 1.165) is 27.7 Å². The molecular formula is C33H44N8O5. The van der Waals surface area contributed by atoms with Gasteiger partial charge in [0.1, 0.15) is 24.2 Å². The van der Waals surface area contributed by atoms with Crippen molar-refractivity contribution >= 4 is 41.1 Å². The Hall–Kier alpha value is -4.91. The highest BCUT2D eigenvalue weighted by Crippen LogP contribution is 2.34. The summed E-state index contributed by atoms with van der Waals surface area (Å²) in [6.07, 6.45) is 2.78. The first-order chi connectivity index (χ1) is 22.2. The summed E-state index contributed by atoms with van der Waals surface area (Å²) < 4.78 is 5.41. The number of alkyl carbamates (subject to hydrolysis) is 1. The first kappa shape index (κ1) is 34.0. The Bertz CT molecular complexity index is 1540. The number of aryl methyl sites for hydroxylation is 1. The van der Waals surface area contributed by atoms with Crippen molar-refractivity contribution in [1.82, 2.24) is 26.4 Å². The highest BCUT2D eigenvalue weighted by molar-refractivity contribution is 5.98. The van der Waals surface area contributed by atoms with E-state index in [2.05, 4.69) is 31.4 Å². The molecule has 0 saturated carbocycles. The van der Waals surface area contributed by atoms with Crippen LogP contribution < -0.4 is 33.0 Å². The van der Waals surface area contributed by atoms with E-state index in [1.54, 1.807) is 0 Å². The molecule has 2 aromatic carbocycles. The summed E-state index contributed by atoms with van der Waals surface area (Å²) in [5.74, 6) is 3.18. The molecule has 13 nitrogen and oxygen atoms in total. The quantitative estimate of drug-likeness (QED) is 0.0436. The van der Waals surface area contributed by atoms with Crippen LogP contribution in [0.1, 0.15) is 56.4 Å². The van der Waals surface area contributed by atoms with E-state index in [4.69, 9.17) is 16.3 Å². The molecule has 0 unspecified atom stereocenters. The number of aromatic amines is 1. The highest BCUT2D eigenvalue weighted by Gasteiger charge is 2.46. The minimum Gasteiger partial charge on any atom is -0.445 e. The summed E-state index contributed by atoms with van der Waals surface area (Å²) in [5, 5.41) is 9.50. The molecule has 0 radical (unpaired) electrons. The van der Waals surface area contributed by atoms with E-state index < -0.39 is 41.4 Å². The topological polar surface area (TPSA) is 206 Å². The van der Waals surface area contributed by atoms with Gasteiger partial charge in [-0.15, -0.1) is 0 Å². The van der Waals surface area contributed by atoms with E-state index >= 15 is 0 Å². The number of hydrazine groups is 1. The number of benzene rings is 2. The third-order valence-corrected chi connectivity index (χ3v) is 8.56. The van der Waals surface area contributed by atoms with Crippen LogP contribution in [-0.4, -0.2) is 59.3 Å². The number of hydrogen-bond acceptors (Lipinski definition) is 7. The van der Waals surface area contributed by atoms with E-state index in [1.807, 2.05) is 68.4 Å². The molecule has 0 bridgehead atoms. The lowest BCUT2D eigenvalue weighted by molar-refractivity contribution is -0.137. The molecule has 1 aromatic heterocycles. The summed E-state index contributed by atoms with van der Waals surface area (Å²) in [5.41, 5.74) is 10.2. The minimum atomic E-state index is -1.42. The van der Waals surface area contributed by atoms with Crippen LogP contribution in [0.25, 0.3) is 10.9 Å². The van der Waals surface area contributed by atoms with Crippen LogP contribution in [0.5, 0.6) is 0 Å². The molecule has 4 rings (SSSR count). The van der Waals surface area contributed by atoms with Gasteiger partial charge in [-0.2, -0.15) is 0 Å². The van der Waals surface area contributed by atoms with Crippen LogP contribution in [0.4, 0.5) is 4.79 Å². The van der Waals surface area contributed by atoms with Crippen LogP contribution >= 0.6 is 0 Å². The van der Waals surface area contributed by atoms with E-state index in [1.165, 1.54) is 6.34 Å². The van der Waals surface area contributed by atoms with E-state index in [-0.39, 0.29) is 31.8 Å². The fraction of sp³-hybridized carbons (Fsp3) is 0.424. The Balaban J connectivity index is 1.58. The fourth-order valence-electron chi connectivity index (χ4n) is 5.75. The number of nitrogens with one attached hydrogen (secondary N) is 5. The van der Waals surface area contributed by atoms with Crippen LogP contribution in [-0.2, 0) is 38.6 Å². The zero-order valence-corrected chi connectivity index (χ0v) is 26.3. The molecule has 246 valence electrons. The number of hydrogen-bond donors (Lipinski definition) is 7. The van der Waals surface area contributed by atoms with Gasteiger partial charge in [0.05, 0.1) is 6.34 Å². The molecule has 1 aliphatic rings. The predicted octanol–water partition coefficient (Wildman–Crippen LogP) is 2.09. The minimum absolute atomic E-state index is 0.0414. The molecule has 9 N–H and O–H groups in total. The van der Waals surface area contributed by atoms with E-state index in [9.17, 15) is 19.2 Å². The van der Waals surface area contributed by atoms with Gasteiger partial charge in [0, 0.05) is 29.6 Å². The molecule has 13 heteroatoms. The Morgan fingerprint density at radius 1 is 1.09 bits per heavy atom. The molecule has 4 atom stereocenters. The molecular weight excluding hydrogens is 588 g/mol. The summed E-state index contributed by atoms with van der Waals surface area (Å²) in [7, 11) is 0. The maximum Gasteiger partial charge on any atom is 0.408 e. The lowest BCUT2D eigenvalue weighted by atomic mass is 9.78. The summed E-state index contributed by atoms with van der Waals surface area (Å²) >= 11 is 0. The molecule has 46 heavy (non-hydrogen) atoms. The third kappa shape index (κ3) is 8.42. The normalized spacial score (nSPS) is 17.8. The monoisotopic (exact) mass is 632 g/mol. The maximum absolute atomic E-state index is 14.2. The number of primary amides is 1. The van der Waals surface area contributed by atoms with Crippen molar-refractivity contribution in [2.75, 3.05) is 6.54 Å². The van der Waals surface area contributed by atoms with Crippen molar-refractivity contribution in [3.8, 4) is 0 Å². The van der Waals surface area contributed by atoms with Gasteiger partial charge in [-0.3, -0.25) is 19.4 Å². The van der Waals surface area contributed by atoms with Crippen molar-refractivity contribution in [3.05, 3.63) is 71.4 Å². The standard InChI is InChI=1S/C33H44N8O5/c1-3-21(2)28(40-32(45)46-19-22-10-5-4-6-11-22)30(43)41-33(31(44)39-27(29(34)42)14-9-17-36-20-37-35)16-15-26-24(18-33)23-12-7-8-13-25(23)38-26/h4-8,10-13,20-21,27-28,38H,3,9,14-19,35H2,1-2H3,(H2,34,42)(H,36,37)(H,39,44)(H,40,45)(H,41,43)/t21-,27-,28-,33+/m0/s1. The van der Waals surface area contributed by atoms with Crippen LogP contribution in [0.15, 0.2) is 59.6 Å². The average Bonchev–Trinajstić information content (AvgIpc) is 3.43. The smallest absolute Gasteiger partial charge is 0.408 e. The highest BCUT2D eigenvalue weighted by atomic mass is 16.5. The van der Waals surface area contributed by atoms with Crippen LogP contribution in [0.2, 0.25) is 0 Å². The molecule has 0 fully saturated rings. The Labute approximate surface area is 268 Å². The number of carbonyl (C=O) groups is 4. The van der Waals surface area contributed by atoms with Crippen molar-refractivity contribution in [2.24, 2.45) is 22.5 Å². The number of carbonyl (C=O) groups excluding carboxylic acids is 4. The number of nitrogens with zero attached hydrogens (tertiary/aromatic N) is 1. The first-order valence-corrected chi connectivity index (χ1v) is 15.6. The molecule has 3 aromatic rings. The van der Waals surface area contributed by atoms with Gasteiger partial charge < -0.3 is 36.8 Å². The van der Waals surface area contributed by atoms with Gasteiger partial charge in [-0.05, 0) is 48.8 Å². The fourth-order valence-corrected chi connectivity index (χ4v) is 5.75. The Morgan fingerprint density at radius 2 is 1.83 bits per heavy atom. The second-order valence-electron chi connectivity index (χ2n) is 11.7. The second kappa shape index (κ2) is 15.9. The maximum atomic E-state index is 14.2. The van der Waals surface area contributed by atoms with Gasteiger partial charge in [-0.1, -0.05) is 68.8 Å². The van der Waals surface area contributed by atoms with Crippen molar-refractivity contribution in [3.63, 3.8) is 0 Å². The Kier molecular flexibility index (Phi) is 11.7. The predicted molar refractivity (Wildman–Crippen MR) is 175 cm³/mol. The molecule has 1 heterocycles. The lowest BCUT2D eigenvalue weighted by Gasteiger charge is -2.39. The molecule has 0 saturated heterocycles. The van der Waals surface area contributed by atoms with Crippen molar-refractivity contribution < 1.29 is 23.9 Å². The number of aliphatic imine (C=N–C) groups is 1. The zero-order valence-electron chi connectivity index (χ0n) is 26.3. The Morgan fingerprint density at radius 3 is 2.54 bits per heavy atom. The number of fused-ring (bicyclic) bond motifs is 3. The molecule has 1 aliphatic carbocycles. The SMILES string of the molecule is CC[C@H](C)[C@H](NC(=O)OCc1ccccc1)C(=O)N[C@]1(C(=O)N[C@@H](CCCN=CNN)C(N)=O)CCc2[nH]c3ccccc3c2C1. The zero-order chi connectivity index (χ0) is 33.1. The van der Waals surface area contributed by atoms with Gasteiger partial charge in [-0.25, -0.2) is 10.6 Å². The summed E-state index contributed by atoms with van der Waals surface area (Å²) in [6.45, 7) is 4.17. The second-order valence-corrected chi connectivity index (χ2v) is 11.7. The first-order valence-electron chi connectivity index (χ1n) is 15.6. The van der Waals surface area contributed by atoms with Crippen molar-refractivity contribution in [2.45, 2.75) is 76.6 Å². The number of H-pyrrole nitrogens is 1. The van der Waals surface area contributed by atoms with Crippen LogP contribution in [0.3, 0.4) is 0 Å². The number of ether oxygens (including phenoxy) is 1. The van der Waals surface area contributed by atoms with Crippen LogP contribution in [0, 0.1) is 5.92 Å². The van der Waals surface area contributed by atoms with Gasteiger partial charge in [0.2, 0.25) is 17.7 Å². The average molecular weight is 633 g/mol. The van der Waals surface area contributed by atoms with Gasteiger partial charge in [0.25, 0.3) is 0 Å². The molecule has 4 amide bonds. The van der Waals surface area contributed by atoms with Gasteiger partial charge >= 0.3 is 6.09 Å². The van der Waals surface area contributed by atoms with Gasteiger partial charge in [0.15, 0.2) is 0 Å². The number of amides is 4. The lowest BCUT2D eigenvalue weighted by Crippen LogP contribution is -2.66. The summed E-state index contributed by atoms with van der Waals surface area (Å²) in [4.78, 5) is 61.0. The molecule has 0 aliphatic heterocycles. The molecule has 0 spiro atoms. The van der Waals surface area contributed by atoms with E-state index in [0.29, 0.717) is 25.8 Å². The number of para-hydroxylation sites is 1. The third-order valence-electron chi connectivity index (χ3n) is 8.56. The number of aromatic nitrogens is 1. The largest absolute Gasteiger partial charge is 0.445 e. The summed E-state index contributed by atoms with van der Waals surface area (Å²) in [6, 6.07) is 15.0. The van der Waals surface area contributed by atoms with Crippen molar-refractivity contribution in [1.29, 1.82) is 0 Å².